The number of nitrogens with zero attached hydrogens (tertiary/aromatic N) is 1. The Morgan fingerprint density at radius 1 is 1.07 bits per heavy atom. The van der Waals surface area contributed by atoms with Gasteiger partial charge in [-0.25, -0.2) is 9.59 Å². The average Bonchev–Trinajstić information content (AvgIpc) is 3.15. The second kappa shape index (κ2) is 7.09. The Morgan fingerprint density at radius 3 is 2.67 bits per heavy atom. The van der Waals surface area contributed by atoms with Crippen molar-refractivity contribution in [2.24, 2.45) is 0 Å². The van der Waals surface area contributed by atoms with Gasteiger partial charge in [-0.3, -0.25) is 0 Å². The SMILES string of the molecule is O=C(OCc1cc(-c2ccc(Cl)cc2)on1)c1cc2ccccc2oc1=O. The number of rotatable bonds is 4. The van der Waals surface area contributed by atoms with Gasteiger partial charge in [-0.05, 0) is 36.4 Å². The molecular formula is C20H12ClNO5. The number of carbonyl (C=O) groups is 1. The molecule has 6 nitrogen and oxygen atoms in total. The highest BCUT2D eigenvalue weighted by Crippen LogP contribution is 2.22. The highest BCUT2D eigenvalue weighted by molar-refractivity contribution is 6.30. The van der Waals surface area contributed by atoms with Crippen molar-refractivity contribution < 1.29 is 18.5 Å². The molecule has 0 spiro atoms. The Bertz CT molecular complexity index is 1180. The summed E-state index contributed by atoms with van der Waals surface area (Å²) in [6.07, 6.45) is 0. The molecule has 0 saturated carbocycles. The molecule has 0 aliphatic heterocycles. The smallest absolute Gasteiger partial charge is 0.351 e. The topological polar surface area (TPSA) is 82.5 Å². The van der Waals surface area contributed by atoms with Crippen molar-refractivity contribution >= 4 is 28.5 Å². The van der Waals surface area contributed by atoms with E-state index in [2.05, 4.69) is 5.16 Å². The van der Waals surface area contributed by atoms with E-state index in [4.69, 9.17) is 25.3 Å². The number of hydrogen-bond acceptors (Lipinski definition) is 6. The maximum absolute atomic E-state index is 12.2. The predicted octanol–water partition coefficient (Wildman–Crippen LogP) is 4.46. The summed E-state index contributed by atoms with van der Waals surface area (Å²) < 4.78 is 15.6. The number of benzene rings is 2. The largest absolute Gasteiger partial charge is 0.455 e. The van der Waals surface area contributed by atoms with Crippen molar-refractivity contribution in [1.82, 2.24) is 5.16 Å². The molecule has 7 heteroatoms. The molecule has 2 heterocycles. The number of hydrogen-bond donors (Lipinski definition) is 0. The van der Waals surface area contributed by atoms with Gasteiger partial charge in [0.05, 0.1) is 0 Å². The van der Waals surface area contributed by atoms with Crippen molar-refractivity contribution in [2.45, 2.75) is 6.61 Å². The minimum atomic E-state index is -0.787. The van der Waals surface area contributed by atoms with Crippen LogP contribution in [0.3, 0.4) is 0 Å². The van der Waals surface area contributed by atoms with E-state index in [-0.39, 0.29) is 12.2 Å². The molecule has 0 amide bonds. The molecule has 0 aliphatic rings. The fourth-order valence-electron chi connectivity index (χ4n) is 2.55. The third-order valence-corrected chi connectivity index (χ3v) is 4.15. The van der Waals surface area contributed by atoms with E-state index in [9.17, 15) is 9.59 Å². The van der Waals surface area contributed by atoms with Crippen LogP contribution in [-0.2, 0) is 11.3 Å². The van der Waals surface area contributed by atoms with E-state index >= 15 is 0 Å². The zero-order valence-corrected chi connectivity index (χ0v) is 14.6. The summed E-state index contributed by atoms with van der Waals surface area (Å²) in [5.41, 5.74) is 0.692. The van der Waals surface area contributed by atoms with Crippen LogP contribution in [0.1, 0.15) is 16.1 Å². The Labute approximate surface area is 157 Å². The van der Waals surface area contributed by atoms with Gasteiger partial charge in [0.15, 0.2) is 5.76 Å². The molecule has 0 unspecified atom stereocenters. The first-order valence-corrected chi connectivity index (χ1v) is 8.39. The van der Waals surface area contributed by atoms with Crippen LogP contribution >= 0.6 is 11.6 Å². The third-order valence-electron chi connectivity index (χ3n) is 3.90. The first kappa shape index (κ1) is 17.1. The lowest BCUT2D eigenvalue weighted by Crippen LogP contribution is -2.16. The van der Waals surface area contributed by atoms with Crippen LogP contribution in [0.2, 0.25) is 5.02 Å². The zero-order valence-electron chi connectivity index (χ0n) is 13.8. The summed E-state index contributed by atoms with van der Waals surface area (Å²) in [4.78, 5) is 24.2. The van der Waals surface area contributed by atoms with Crippen molar-refractivity contribution in [3.05, 3.63) is 87.4 Å². The molecule has 0 fully saturated rings. The van der Waals surface area contributed by atoms with Crippen molar-refractivity contribution in [3.63, 3.8) is 0 Å². The molecule has 4 aromatic rings. The molecular weight excluding hydrogens is 370 g/mol. The monoisotopic (exact) mass is 381 g/mol. The van der Waals surface area contributed by atoms with Gasteiger partial charge in [0.2, 0.25) is 0 Å². The molecule has 0 radical (unpaired) electrons. The van der Waals surface area contributed by atoms with Gasteiger partial charge in [-0.2, -0.15) is 0 Å². The minimum absolute atomic E-state index is 0.137. The number of esters is 1. The summed E-state index contributed by atoms with van der Waals surface area (Å²) in [6.45, 7) is -0.137. The highest BCUT2D eigenvalue weighted by Gasteiger charge is 2.16. The van der Waals surface area contributed by atoms with Crippen molar-refractivity contribution in [2.75, 3.05) is 0 Å². The Balaban J connectivity index is 1.49. The molecule has 0 saturated heterocycles. The predicted molar refractivity (Wildman–Crippen MR) is 98.6 cm³/mol. The maximum atomic E-state index is 12.2. The first-order chi connectivity index (χ1) is 13.1. The van der Waals surface area contributed by atoms with Gasteiger partial charge in [-0.15, -0.1) is 0 Å². The van der Waals surface area contributed by atoms with Crippen molar-refractivity contribution in [3.8, 4) is 11.3 Å². The standard InChI is InChI=1S/C20H12ClNO5/c21-14-7-5-12(6-8-14)18-10-15(22-27-18)11-25-19(23)16-9-13-3-1-2-4-17(13)26-20(16)24/h1-10H,11H2. The fraction of sp³-hybridized carbons (Fsp3) is 0.0500. The summed E-state index contributed by atoms with van der Waals surface area (Å²) in [6, 6.07) is 17.1. The Hall–Kier alpha value is -3.38. The molecule has 0 aliphatic carbocycles. The minimum Gasteiger partial charge on any atom is -0.455 e. The van der Waals surface area contributed by atoms with E-state index in [1.807, 2.05) is 0 Å². The second-order valence-corrected chi connectivity index (χ2v) is 6.19. The summed E-state index contributed by atoms with van der Waals surface area (Å²) in [5, 5.41) is 5.11. The van der Waals surface area contributed by atoms with E-state index in [1.54, 1.807) is 54.6 Å². The number of carbonyl (C=O) groups excluding carboxylic acids is 1. The van der Waals surface area contributed by atoms with Crippen LogP contribution < -0.4 is 5.63 Å². The molecule has 2 aromatic carbocycles. The van der Waals surface area contributed by atoms with Gasteiger partial charge < -0.3 is 13.7 Å². The molecule has 134 valence electrons. The van der Waals surface area contributed by atoms with Gasteiger partial charge in [0.1, 0.15) is 23.4 Å². The number of ether oxygens (including phenoxy) is 1. The normalized spacial score (nSPS) is 10.9. The van der Waals surface area contributed by atoms with E-state index in [1.165, 1.54) is 6.07 Å². The molecule has 0 atom stereocenters. The number of aromatic nitrogens is 1. The summed E-state index contributed by atoms with van der Waals surface area (Å²) in [7, 11) is 0. The highest BCUT2D eigenvalue weighted by atomic mass is 35.5. The van der Waals surface area contributed by atoms with Gasteiger partial charge in [-0.1, -0.05) is 35.0 Å². The van der Waals surface area contributed by atoms with Crippen LogP contribution in [0.4, 0.5) is 0 Å². The third kappa shape index (κ3) is 3.61. The molecule has 0 N–H and O–H groups in total. The first-order valence-electron chi connectivity index (χ1n) is 8.02. The van der Waals surface area contributed by atoms with E-state index < -0.39 is 11.6 Å². The Morgan fingerprint density at radius 2 is 1.85 bits per heavy atom. The maximum Gasteiger partial charge on any atom is 0.351 e. The summed E-state index contributed by atoms with van der Waals surface area (Å²) in [5.74, 6) is -0.270. The fourth-order valence-corrected chi connectivity index (χ4v) is 2.68. The van der Waals surface area contributed by atoms with Gasteiger partial charge >= 0.3 is 11.6 Å². The number of fused-ring (bicyclic) bond motifs is 1. The van der Waals surface area contributed by atoms with Gasteiger partial charge in [0, 0.05) is 22.0 Å². The Kier molecular flexibility index (Phi) is 4.48. The van der Waals surface area contributed by atoms with Crippen LogP contribution in [0.5, 0.6) is 0 Å². The second-order valence-electron chi connectivity index (χ2n) is 5.75. The molecule has 4 rings (SSSR count). The lowest BCUT2D eigenvalue weighted by molar-refractivity contribution is 0.0459. The van der Waals surface area contributed by atoms with Gasteiger partial charge in [0.25, 0.3) is 0 Å². The van der Waals surface area contributed by atoms with E-state index in [0.29, 0.717) is 27.4 Å². The van der Waals surface area contributed by atoms with Crippen LogP contribution in [0.15, 0.2) is 74.4 Å². The number of para-hydroxylation sites is 1. The quantitative estimate of drug-likeness (QED) is 0.383. The van der Waals surface area contributed by atoms with Crippen molar-refractivity contribution in [1.29, 1.82) is 0 Å². The summed E-state index contributed by atoms with van der Waals surface area (Å²) >= 11 is 5.86. The molecule has 27 heavy (non-hydrogen) atoms. The molecule has 2 aromatic heterocycles. The van der Waals surface area contributed by atoms with Crippen LogP contribution in [-0.4, -0.2) is 11.1 Å². The number of halogens is 1. The lowest BCUT2D eigenvalue weighted by atomic mass is 10.1. The average molecular weight is 382 g/mol. The zero-order chi connectivity index (χ0) is 18.8. The van der Waals surface area contributed by atoms with Crippen LogP contribution in [0, 0.1) is 0 Å². The molecule has 0 bridgehead atoms. The van der Waals surface area contributed by atoms with E-state index in [0.717, 1.165) is 5.56 Å². The lowest BCUT2D eigenvalue weighted by Gasteiger charge is -2.02. The van der Waals surface area contributed by atoms with Crippen LogP contribution in [0.25, 0.3) is 22.3 Å².